The predicted octanol–water partition coefficient (Wildman–Crippen LogP) is 0.0734. The molecule has 2 unspecified atom stereocenters. The minimum atomic E-state index is -3.48. The molecule has 0 radical (unpaired) electrons. The summed E-state index contributed by atoms with van der Waals surface area (Å²) in [6.07, 6.45) is 6.27. The molecule has 6 nitrogen and oxygen atoms in total. The standard InChI is InChI=1S/C11H20N4O2S/c1-15-7-11(13-8-15)18(16,17)14-6-10-4-2-3-9(10)5-12/h7-10,14H,2-6,12H2,1H3. The Morgan fingerprint density at radius 3 is 2.83 bits per heavy atom. The minimum Gasteiger partial charge on any atom is -0.339 e. The number of nitrogens with two attached hydrogens (primary N) is 1. The van der Waals surface area contributed by atoms with Gasteiger partial charge in [-0.15, -0.1) is 0 Å². The zero-order valence-corrected chi connectivity index (χ0v) is 11.4. The average molecular weight is 272 g/mol. The predicted molar refractivity (Wildman–Crippen MR) is 68.3 cm³/mol. The first-order chi connectivity index (χ1) is 8.53. The topological polar surface area (TPSA) is 90.0 Å². The number of aromatic nitrogens is 2. The summed E-state index contributed by atoms with van der Waals surface area (Å²) in [4.78, 5) is 3.86. The first-order valence-electron chi connectivity index (χ1n) is 6.20. The Bertz CT molecular complexity index is 497. The molecule has 2 atom stereocenters. The van der Waals surface area contributed by atoms with Crippen molar-refractivity contribution in [3.8, 4) is 0 Å². The van der Waals surface area contributed by atoms with Gasteiger partial charge in [0, 0.05) is 19.8 Å². The van der Waals surface area contributed by atoms with Gasteiger partial charge in [-0.25, -0.2) is 18.1 Å². The molecule has 0 bridgehead atoms. The van der Waals surface area contributed by atoms with E-state index in [4.69, 9.17) is 5.73 Å². The first-order valence-corrected chi connectivity index (χ1v) is 7.69. The van der Waals surface area contributed by atoms with E-state index >= 15 is 0 Å². The van der Waals surface area contributed by atoms with E-state index in [1.807, 2.05) is 0 Å². The van der Waals surface area contributed by atoms with Crippen molar-refractivity contribution in [1.29, 1.82) is 0 Å². The zero-order chi connectivity index (χ0) is 13.2. The van der Waals surface area contributed by atoms with Gasteiger partial charge < -0.3 is 10.3 Å². The summed E-state index contributed by atoms with van der Waals surface area (Å²) in [5, 5.41) is 0.0762. The molecule has 7 heteroatoms. The third-order valence-electron chi connectivity index (χ3n) is 3.61. The number of nitrogens with one attached hydrogen (secondary N) is 1. The van der Waals surface area contributed by atoms with Crippen LogP contribution < -0.4 is 10.5 Å². The lowest BCUT2D eigenvalue weighted by molar-refractivity contribution is 0.393. The lowest BCUT2D eigenvalue weighted by Crippen LogP contribution is -2.33. The van der Waals surface area contributed by atoms with E-state index in [1.165, 1.54) is 12.5 Å². The third-order valence-corrected chi connectivity index (χ3v) is 4.92. The highest BCUT2D eigenvalue weighted by Crippen LogP contribution is 2.30. The molecule has 1 aliphatic carbocycles. The number of nitrogens with zero attached hydrogens (tertiary/aromatic N) is 2. The van der Waals surface area contributed by atoms with E-state index in [9.17, 15) is 8.42 Å². The number of rotatable bonds is 5. The van der Waals surface area contributed by atoms with Gasteiger partial charge in [-0.3, -0.25) is 0 Å². The van der Waals surface area contributed by atoms with Gasteiger partial charge in [0.2, 0.25) is 0 Å². The number of aryl methyl sites for hydroxylation is 1. The molecule has 1 saturated carbocycles. The molecular weight excluding hydrogens is 252 g/mol. The van der Waals surface area contributed by atoms with Crippen molar-refractivity contribution < 1.29 is 8.42 Å². The maximum atomic E-state index is 12.0. The van der Waals surface area contributed by atoms with Crippen LogP contribution in [0, 0.1) is 11.8 Å². The smallest absolute Gasteiger partial charge is 0.259 e. The van der Waals surface area contributed by atoms with Crippen LogP contribution in [0.3, 0.4) is 0 Å². The maximum Gasteiger partial charge on any atom is 0.259 e. The summed E-state index contributed by atoms with van der Waals surface area (Å²) in [6.45, 7) is 1.09. The molecule has 1 aliphatic rings. The van der Waals surface area contributed by atoms with Crippen LogP contribution in [0.4, 0.5) is 0 Å². The van der Waals surface area contributed by atoms with Gasteiger partial charge in [0.05, 0.1) is 6.33 Å². The fourth-order valence-electron chi connectivity index (χ4n) is 2.51. The fourth-order valence-corrected chi connectivity index (χ4v) is 3.58. The molecule has 0 amide bonds. The molecular formula is C11H20N4O2S. The lowest BCUT2D eigenvalue weighted by Gasteiger charge is -2.17. The Morgan fingerprint density at radius 1 is 1.50 bits per heavy atom. The highest BCUT2D eigenvalue weighted by atomic mass is 32.2. The molecule has 0 aliphatic heterocycles. The number of imidazole rings is 1. The van der Waals surface area contributed by atoms with E-state index in [0.29, 0.717) is 24.9 Å². The van der Waals surface area contributed by atoms with Crippen LogP contribution in [0.5, 0.6) is 0 Å². The zero-order valence-electron chi connectivity index (χ0n) is 10.5. The maximum absolute atomic E-state index is 12.0. The Kier molecular flexibility index (Phi) is 4.04. The summed E-state index contributed by atoms with van der Waals surface area (Å²) in [7, 11) is -1.74. The second kappa shape index (κ2) is 5.38. The van der Waals surface area contributed by atoms with E-state index in [0.717, 1.165) is 19.3 Å². The average Bonchev–Trinajstić information content (AvgIpc) is 2.94. The van der Waals surface area contributed by atoms with Crippen LogP contribution in [-0.2, 0) is 17.1 Å². The summed E-state index contributed by atoms with van der Waals surface area (Å²) < 4.78 is 28.2. The second-order valence-electron chi connectivity index (χ2n) is 4.92. The van der Waals surface area contributed by atoms with Crippen molar-refractivity contribution in [3.63, 3.8) is 0 Å². The van der Waals surface area contributed by atoms with Crippen molar-refractivity contribution in [2.45, 2.75) is 24.3 Å². The first kappa shape index (κ1) is 13.5. The highest BCUT2D eigenvalue weighted by Gasteiger charge is 2.28. The largest absolute Gasteiger partial charge is 0.339 e. The number of hydrogen-bond donors (Lipinski definition) is 2. The van der Waals surface area contributed by atoms with E-state index < -0.39 is 10.0 Å². The fraction of sp³-hybridized carbons (Fsp3) is 0.727. The molecule has 1 fully saturated rings. The van der Waals surface area contributed by atoms with Gasteiger partial charge in [-0.05, 0) is 31.2 Å². The van der Waals surface area contributed by atoms with Crippen molar-refractivity contribution in [3.05, 3.63) is 12.5 Å². The van der Waals surface area contributed by atoms with Gasteiger partial charge in [-0.2, -0.15) is 0 Å². The van der Waals surface area contributed by atoms with Crippen molar-refractivity contribution >= 4 is 10.0 Å². The van der Waals surface area contributed by atoms with Crippen LogP contribution in [0.15, 0.2) is 17.6 Å². The van der Waals surface area contributed by atoms with Crippen LogP contribution in [0.25, 0.3) is 0 Å². The SMILES string of the molecule is Cn1cnc(S(=O)(=O)NCC2CCCC2CN)c1. The molecule has 18 heavy (non-hydrogen) atoms. The highest BCUT2D eigenvalue weighted by molar-refractivity contribution is 7.89. The molecule has 0 saturated heterocycles. The Hall–Kier alpha value is -0.920. The number of sulfonamides is 1. The molecule has 1 aromatic rings. The Morgan fingerprint density at radius 2 is 2.22 bits per heavy atom. The van der Waals surface area contributed by atoms with E-state index in [2.05, 4.69) is 9.71 Å². The van der Waals surface area contributed by atoms with E-state index in [1.54, 1.807) is 11.6 Å². The van der Waals surface area contributed by atoms with Crippen LogP contribution in [0.1, 0.15) is 19.3 Å². The molecule has 2 rings (SSSR count). The van der Waals surface area contributed by atoms with Gasteiger partial charge in [0.15, 0.2) is 5.03 Å². The van der Waals surface area contributed by atoms with Crippen molar-refractivity contribution in [2.24, 2.45) is 24.6 Å². The lowest BCUT2D eigenvalue weighted by atomic mass is 9.97. The van der Waals surface area contributed by atoms with Gasteiger partial charge >= 0.3 is 0 Å². The van der Waals surface area contributed by atoms with Crippen molar-refractivity contribution in [1.82, 2.24) is 14.3 Å². The summed E-state index contributed by atoms with van der Waals surface area (Å²) in [5.41, 5.74) is 5.69. The minimum absolute atomic E-state index is 0.0762. The quantitative estimate of drug-likeness (QED) is 0.794. The molecule has 0 aromatic carbocycles. The normalized spacial score (nSPS) is 24.6. The van der Waals surface area contributed by atoms with Crippen LogP contribution >= 0.6 is 0 Å². The number of hydrogen-bond acceptors (Lipinski definition) is 4. The van der Waals surface area contributed by atoms with Crippen molar-refractivity contribution in [2.75, 3.05) is 13.1 Å². The summed E-state index contributed by atoms with van der Waals surface area (Å²) >= 11 is 0. The monoisotopic (exact) mass is 272 g/mol. The molecule has 1 aromatic heterocycles. The molecule has 3 N–H and O–H groups in total. The Balaban J connectivity index is 1.97. The summed E-state index contributed by atoms with van der Waals surface area (Å²) in [6, 6.07) is 0. The third kappa shape index (κ3) is 2.90. The summed E-state index contributed by atoms with van der Waals surface area (Å²) in [5.74, 6) is 0.796. The Labute approximate surface area is 108 Å². The van der Waals surface area contributed by atoms with E-state index in [-0.39, 0.29) is 5.03 Å². The molecule has 102 valence electrons. The van der Waals surface area contributed by atoms with Gasteiger partial charge in [0.1, 0.15) is 0 Å². The molecule has 0 spiro atoms. The second-order valence-corrected chi connectivity index (χ2v) is 6.63. The van der Waals surface area contributed by atoms with Gasteiger partial charge in [0.25, 0.3) is 10.0 Å². The van der Waals surface area contributed by atoms with Crippen LogP contribution in [-0.4, -0.2) is 31.1 Å². The van der Waals surface area contributed by atoms with Crippen LogP contribution in [0.2, 0.25) is 0 Å². The van der Waals surface area contributed by atoms with Gasteiger partial charge in [-0.1, -0.05) is 6.42 Å². The molecule has 1 heterocycles.